The number of ether oxygens (including phenoxy) is 1. The number of rotatable bonds is 5. The van der Waals surface area contributed by atoms with E-state index in [9.17, 15) is 10.1 Å². The van der Waals surface area contributed by atoms with Gasteiger partial charge in [0.1, 0.15) is 11.6 Å². The number of H-pyrrole nitrogens is 1. The summed E-state index contributed by atoms with van der Waals surface area (Å²) in [5.74, 6) is 0. The van der Waals surface area contributed by atoms with Crippen LogP contribution >= 0.6 is 0 Å². The van der Waals surface area contributed by atoms with E-state index in [2.05, 4.69) is 11.6 Å². The largest absolute Gasteiger partial charge is 0.373 e. The Hall–Kier alpha value is -2.64. The zero-order valence-corrected chi connectivity index (χ0v) is 11.8. The van der Waals surface area contributed by atoms with Gasteiger partial charge in [0.15, 0.2) is 0 Å². The van der Waals surface area contributed by atoms with Gasteiger partial charge in [0.05, 0.1) is 13.2 Å². The highest BCUT2D eigenvalue weighted by molar-refractivity contribution is 5.73. The van der Waals surface area contributed by atoms with Crippen LogP contribution in [0.15, 0.2) is 47.8 Å². The summed E-state index contributed by atoms with van der Waals surface area (Å²) in [4.78, 5) is 14.6. The van der Waals surface area contributed by atoms with Crippen LogP contribution in [0.25, 0.3) is 11.1 Å². The molecule has 2 aromatic rings. The molecule has 21 heavy (non-hydrogen) atoms. The van der Waals surface area contributed by atoms with Gasteiger partial charge in [-0.05, 0) is 24.1 Å². The SMILES string of the molecule is C=CCOCc1ccccc1-c1cc(C)[nH]c(=O)c1C#N. The van der Waals surface area contributed by atoms with Crippen molar-refractivity contribution in [2.24, 2.45) is 0 Å². The molecule has 0 saturated carbocycles. The van der Waals surface area contributed by atoms with Gasteiger partial charge in [-0.15, -0.1) is 6.58 Å². The highest BCUT2D eigenvalue weighted by Gasteiger charge is 2.13. The van der Waals surface area contributed by atoms with Crippen molar-refractivity contribution >= 4 is 0 Å². The standard InChI is InChI=1S/C17H16N2O2/c1-3-8-21-11-13-6-4-5-7-14(13)15-9-12(2)19-17(20)16(15)10-18/h3-7,9H,1,8,11H2,2H3,(H,19,20). The predicted molar refractivity (Wildman–Crippen MR) is 81.8 cm³/mol. The lowest BCUT2D eigenvalue weighted by molar-refractivity contribution is 0.149. The Balaban J connectivity index is 2.55. The van der Waals surface area contributed by atoms with Gasteiger partial charge in [-0.1, -0.05) is 30.3 Å². The number of hydrogen-bond donors (Lipinski definition) is 1. The van der Waals surface area contributed by atoms with E-state index in [0.29, 0.717) is 18.8 Å². The average molecular weight is 280 g/mol. The minimum Gasteiger partial charge on any atom is -0.373 e. The lowest BCUT2D eigenvalue weighted by atomic mass is 9.96. The number of aryl methyl sites for hydroxylation is 1. The second-order valence-electron chi connectivity index (χ2n) is 4.64. The minimum absolute atomic E-state index is 0.122. The fourth-order valence-electron chi connectivity index (χ4n) is 2.17. The highest BCUT2D eigenvalue weighted by Crippen LogP contribution is 2.26. The molecule has 0 radical (unpaired) electrons. The fraction of sp³-hybridized carbons (Fsp3) is 0.176. The predicted octanol–water partition coefficient (Wildman–Crippen LogP) is 2.92. The second-order valence-corrected chi connectivity index (χ2v) is 4.64. The van der Waals surface area contributed by atoms with E-state index in [1.165, 1.54) is 0 Å². The van der Waals surface area contributed by atoms with Gasteiger partial charge in [0.2, 0.25) is 0 Å². The summed E-state index contributed by atoms with van der Waals surface area (Å²) < 4.78 is 5.48. The molecule has 0 aliphatic rings. The zero-order valence-electron chi connectivity index (χ0n) is 11.8. The average Bonchev–Trinajstić information content (AvgIpc) is 2.47. The normalized spacial score (nSPS) is 10.1. The number of pyridine rings is 1. The molecule has 0 bridgehead atoms. The summed E-state index contributed by atoms with van der Waals surface area (Å²) in [6.07, 6.45) is 1.68. The van der Waals surface area contributed by atoms with Gasteiger partial charge in [-0.25, -0.2) is 0 Å². The van der Waals surface area contributed by atoms with E-state index in [1.54, 1.807) is 13.0 Å². The van der Waals surface area contributed by atoms with Crippen molar-refractivity contribution in [1.82, 2.24) is 4.98 Å². The number of hydrogen-bond acceptors (Lipinski definition) is 3. The summed E-state index contributed by atoms with van der Waals surface area (Å²) in [7, 11) is 0. The third kappa shape index (κ3) is 3.28. The van der Waals surface area contributed by atoms with E-state index in [1.807, 2.05) is 36.4 Å². The van der Waals surface area contributed by atoms with Crippen LogP contribution in [-0.2, 0) is 11.3 Å². The Morgan fingerprint density at radius 1 is 1.38 bits per heavy atom. The van der Waals surface area contributed by atoms with Crippen LogP contribution in [0.3, 0.4) is 0 Å². The van der Waals surface area contributed by atoms with Crippen LogP contribution in [0.1, 0.15) is 16.8 Å². The molecule has 2 rings (SSSR count). The molecule has 0 unspecified atom stereocenters. The molecule has 0 spiro atoms. The maximum Gasteiger partial charge on any atom is 0.266 e. The smallest absolute Gasteiger partial charge is 0.266 e. The monoisotopic (exact) mass is 280 g/mol. The molecule has 0 saturated heterocycles. The molecule has 0 aliphatic heterocycles. The minimum atomic E-state index is -0.366. The third-order valence-corrected chi connectivity index (χ3v) is 3.08. The fourth-order valence-corrected chi connectivity index (χ4v) is 2.17. The molecule has 4 nitrogen and oxygen atoms in total. The molecule has 0 atom stereocenters. The summed E-state index contributed by atoms with van der Waals surface area (Å²) in [5.41, 5.74) is 2.88. The summed E-state index contributed by atoms with van der Waals surface area (Å²) >= 11 is 0. The van der Waals surface area contributed by atoms with Crippen molar-refractivity contribution in [2.75, 3.05) is 6.61 Å². The Kier molecular flexibility index (Phi) is 4.70. The van der Waals surface area contributed by atoms with Gasteiger partial charge >= 0.3 is 0 Å². The van der Waals surface area contributed by atoms with Crippen LogP contribution in [0.5, 0.6) is 0 Å². The van der Waals surface area contributed by atoms with Crippen molar-refractivity contribution in [2.45, 2.75) is 13.5 Å². The Morgan fingerprint density at radius 2 is 2.14 bits per heavy atom. The third-order valence-electron chi connectivity index (χ3n) is 3.08. The van der Waals surface area contributed by atoms with Crippen molar-refractivity contribution in [1.29, 1.82) is 5.26 Å². The molecule has 0 aliphatic carbocycles. The first-order valence-electron chi connectivity index (χ1n) is 6.58. The molecule has 1 aromatic carbocycles. The molecule has 1 aromatic heterocycles. The molecule has 1 N–H and O–H groups in total. The van der Waals surface area contributed by atoms with Gasteiger partial charge in [0.25, 0.3) is 5.56 Å². The second kappa shape index (κ2) is 6.69. The van der Waals surface area contributed by atoms with Crippen LogP contribution in [0, 0.1) is 18.3 Å². The number of benzene rings is 1. The van der Waals surface area contributed by atoms with Gasteiger partial charge in [-0.2, -0.15) is 5.26 Å². The summed E-state index contributed by atoms with van der Waals surface area (Å²) in [6.45, 7) is 6.26. The lowest BCUT2D eigenvalue weighted by Crippen LogP contribution is -2.13. The Bertz CT molecular complexity index is 754. The van der Waals surface area contributed by atoms with E-state index in [0.717, 1.165) is 16.8 Å². The molecule has 106 valence electrons. The van der Waals surface area contributed by atoms with Gasteiger partial charge < -0.3 is 9.72 Å². The first-order chi connectivity index (χ1) is 10.2. The van der Waals surface area contributed by atoms with Crippen molar-refractivity contribution in [3.8, 4) is 17.2 Å². The molecule has 1 heterocycles. The molecular formula is C17H16N2O2. The van der Waals surface area contributed by atoms with Crippen LogP contribution in [0.4, 0.5) is 0 Å². The van der Waals surface area contributed by atoms with E-state index >= 15 is 0 Å². The van der Waals surface area contributed by atoms with E-state index < -0.39 is 0 Å². The quantitative estimate of drug-likeness (QED) is 0.676. The first-order valence-corrected chi connectivity index (χ1v) is 6.58. The Morgan fingerprint density at radius 3 is 2.86 bits per heavy atom. The zero-order chi connectivity index (χ0) is 15.2. The first kappa shape index (κ1) is 14.8. The molecule has 0 amide bonds. The van der Waals surface area contributed by atoms with Crippen LogP contribution in [0.2, 0.25) is 0 Å². The number of aromatic amines is 1. The van der Waals surface area contributed by atoms with Crippen molar-refractivity contribution in [3.63, 3.8) is 0 Å². The molecule has 0 fully saturated rings. The Labute approximate surface area is 123 Å². The van der Waals surface area contributed by atoms with Crippen LogP contribution < -0.4 is 5.56 Å². The van der Waals surface area contributed by atoms with Gasteiger partial charge in [-0.3, -0.25) is 4.79 Å². The number of nitriles is 1. The maximum absolute atomic E-state index is 11.9. The molecular weight excluding hydrogens is 264 g/mol. The van der Waals surface area contributed by atoms with E-state index in [-0.39, 0.29) is 11.1 Å². The van der Waals surface area contributed by atoms with Crippen molar-refractivity contribution in [3.05, 3.63) is 70.2 Å². The van der Waals surface area contributed by atoms with Crippen molar-refractivity contribution < 1.29 is 4.74 Å². The number of nitrogens with one attached hydrogen (secondary N) is 1. The summed E-state index contributed by atoms with van der Waals surface area (Å²) in [6, 6.07) is 11.4. The maximum atomic E-state index is 11.9. The van der Waals surface area contributed by atoms with Gasteiger partial charge in [0, 0.05) is 11.3 Å². The lowest BCUT2D eigenvalue weighted by Gasteiger charge is -2.11. The number of nitrogens with zero attached hydrogens (tertiary/aromatic N) is 1. The number of aromatic nitrogens is 1. The summed E-state index contributed by atoms with van der Waals surface area (Å²) in [5, 5.41) is 9.24. The van der Waals surface area contributed by atoms with E-state index in [4.69, 9.17) is 4.74 Å². The topological polar surface area (TPSA) is 65.9 Å². The highest BCUT2D eigenvalue weighted by atomic mass is 16.5. The van der Waals surface area contributed by atoms with Crippen LogP contribution in [-0.4, -0.2) is 11.6 Å². The molecule has 4 heteroatoms.